The summed E-state index contributed by atoms with van der Waals surface area (Å²) in [5.74, 6) is 2.52. The first-order chi connectivity index (χ1) is 12.7. The molecule has 0 fully saturated rings. The van der Waals surface area contributed by atoms with Crippen LogP contribution in [0.1, 0.15) is 36.5 Å². The summed E-state index contributed by atoms with van der Waals surface area (Å²) in [5.41, 5.74) is 1.71. The molecule has 0 saturated heterocycles. The van der Waals surface area contributed by atoms with Gasteiger partial charge >= 0.3 is 0 Å². The zero-order valence-electron chi connectivity index (χ0n) is 15.9. The zero-order valence-corrected chi connectivity index (χ0v) is 17.6. The van der Waals surface area contributed by atoms with E-state index in [9.17, 15) is 4.79 Å². The van der Waals surface area contributed by atoms with Crippen molar-refractivity contribution in [3.05, 3.63) is 60.2 Å². The van der Waals surface area contributed by atoms with Crippen molar-refractivity contribution < 1.29 is 9.53 Å². The fourth-order valence-electron chi connectivity index (χ4n) is 3.18. The average Bonchev–Trinajstić information content (AvgIpc) is 2.91. The maximum Gasteiger partial charge on any atom is 0.182 e. The maximum atomic E-state index is 12.9. The summed E-state index contributed by atoms with van der Waals surface area (Å²) >= 11 is 0. The number of anilines is 1. The van der Waals surface area contributed by atoms with Gasteiger partial charge < -0.3 is 9.64 Å². The Morgan fingerprint density at radius 2 is 1.81 bits per heavy atom. The van der Waals surface area contributed by atoms with Gasteiger partial charge in [-0.15, -0.1) is 17.0 Å². The summed E-state index contributed by atoms with van der Waals surface area (Å²) in [4.78, 5) is 19.8. The monoisotopic (exact) mass is 430 g/mol. The van der Waals surface area contributed by atoms with Gasteiger partial charge in [-0.05, 0) is 55.2 Å². The number of methoxy groups -OCH3 is 1. The predicted molar refractivity (Wildman–Crippen MR) is 117 cm³/mol. The smallest absolute Gasteiger partial charge is 0.182 e. The molecular weight excluding hydrogens is 404 g/mol. The van der Waals surface area contributed by atoms with Gasteiger partial charge in [0.1, 0.15) is 11.6 Å². The molecule has 1 atom stereocenters. The second kappa shape index (κ2) is 10.3. The molecule has 0 saturated carbocycles. The van der Waals surface area contributed by atoms with E-state index in [1.165, 1.54) is 0 Å². The highest BCUT2D eigenvalue weighted by Gasteiger charge is 2.20. The number of aliphatic imine (C=N–C) groups is 1. The number of hydrogen-bond donors (Lipinski definition) is 0. The van der Waals surface area contributed by atoms with Crippen LogP contribution in [0.25, 0.3) is 0 Å². The molecule has 3 rings (SSSR count). The van der Waals surface area contributed by atoms with E-state index in [1.54, 1.807) is 7.11 Å². The molecule has 0 radical (unpaired) electrons. The Morgan fingerprint density at radius 3 is 2.48 bits per heavy atom. The molecule has 2 aromatic carbocycles. The number of amidine groups is 1. The molecule has 2 aromatic rings. The standard InChI is InChI=1S/C22H26N2O2.BrH/c1-17-8-13-22(23-15-14-17)24(19-6-4-3-5-7-19)16-21(25)18-9-11-20(26-2)12-10-18;/h3-7,9-12,17H,8,13-16H2,1-2H3;1H. The van der Waals surface area contributed by atoms with Crippen molar-refractivity contribution in [2.75, 3.05) is 25.1 Å². The lowest BCUT2D eigenvalue weighted by molar-refractivity contribution is 0.100. The molecule has 0 aromatic heterocycles. The van der Waals surface area contributed by atoms with Gasteiger partial charge in [-0.2, -0.15) is 0 Å². The van der Waals surface area contributed by atoms with Crippen LogP contribution in [-0.2, 0) is 0 Å². The van der Waals surface area contributed by atoms with E-state index in [2.05, 4.69) is 11.8 Å². The van der Waals surface area contributed by atoms with Crippen LogP contribution in [0.4, 0.5) is 5.69 Å². The minimum absolute atomic E-state index is 0. The molecule has 1 aliphatic heterocycles. The van der Waals surface area contributed by atoms with Crippen LogP contribution in [0.5, 0.6) is 5.75 Å². The summed E-state index contributed by atoms with van der Waals surface area (Å²) in [7, 11) is 1.62. The first-order valence-corrected chi connectivity index (χ1v) is 9.20. The molecule has 1 aliphatic rings. The first-order valence-electron chi connectivity index (χ1n) is 9.20. The van der Waals surface area contributed by atoms with Crippen molar-refractivity contribution >= 4 is 34.3 Å². The lowest BCUT2D eigenvalue weighted by Crippen LogP contribution is -2.36. The minimum atomic E-state index is 0. The number of rotatable bonds is 5. The Labute approximate surface area is 172 Å². The van der Waals surface area contributed by atoms with Crippen LogP contribution in [-0.4, -0.2) is 31.8 Å². The SMILES string of the molecule is Br.COc1ccc(C(=O)CN(C2=NCCC(C)CC2)c2ccccc2)cc1. The van der Waals surface area contributed by atoms with Gasteiger partial charge in [0.15, 0.2) is 5.78 Å². The number of halogens is 1. The van der Waals surface area contributed by atoms with Gasteiger partial charge in [0.2, 0.25) is 0 Å². The summed E-state index contributed by atoms with van der Waals surface area (Å²) in [5, 5.41) is 0. The zero-order chi connectivity index (χ0) is 18.4. The van der Waals surface area contributed by atoms with Crippen molar-refractivity contribution in [2.45, 2.75) is 26.2 Å². The van der Waals surface area contributed by atoms with E-state index in [1.807, 2.05) is 54.6 Å². The Balaban J connectivity index is 0.00000261. The van der Waals surface area contributed by atoms with Crippen LogP contribution < -0.4 is 9.64 Å². The van der Waals surface area contributed by atoms with Gasteiger partial charge in [-0.1, -0.05) is 25.1 Å². The van der Waals surface area contributed by atoms with Gasteiger partial charge in [-0.25, -0.2) is 0 Å². The lowest BCUT2D eigenvalue weighted by atomic mass is 10.0. The molecule has 0 bridgehead atoms. The van der Waals surface area contributed by atoms with Gasteiger partial charge in [0.05, 0.1) is 13.7 Å². The van der Waals surface area contributed by atoms with Gasteiger partial charge in [0, 0.05) is 24.2 Å². The number of nitrogens with zero attached hydrogens (tertiary/aromatic N) is 2. The summed E-state index contributed by atoms with van der Waals surface area (Å²) in [6.07, 6.45) is 3.13. The number of benzene rings is 2. The number of para-hydroxylation sites is 1. The average molecular weight is 431 g/mol. The van der Waals surface area contributed by atoms with Crippen LogP contribution in [0.15, 0.2) is 59.6 Å². The van der Waals surface area contributed by atoms with E-state index in [-0.39, 0.29) is 22.8 Å². The third kappa shape index (κ3) is 5.67. The van der Waals surface area contributed by atoms with Gasteiger partial charge in [0.25, 0.3) is 0 Å². The highest BCUT2D eigenvalue weighted by Crippen LogP contribution is 2.22. The number of ether oxygens (including phenoxy) is 1. The quantitative estimate of drug-likeness (QED) is 0.613. The summed E-state index contributed by atoms with van der Waals surface area (Å²) in [6, 6.07) is 17.4. The Morgan fingerprint density at radius 1 is 1.11 bits per heavy atom. The Bertz CT molecular complexity index is 760. The van der Waals surface area contributed by atoms with E-state index >= 15 is 0 Å². The third-order valence-corrected chi connectivity index (χ3v) is 4.87. The maximum absolute atomic E-state index is 12.9. The first kappa shape index (κ1) is 21.2. The molecule has 144 valence electrons. The molecule has 1 unspecified atom stereocenters. The molecule has 0 N–H and O–H groups in total. The summed E-state index contributed by atoms with van der Waals surface area (Å²) < 4.78 is 5.18. The number of Topliss-reactive ketones (excluding diaryl/α,β-unsaturated/α-hetero) is 1. The summed E-state index contributed by atoms with van der Waals surface area (Å²) in [6.45, 7) is 3.40. The van der Waals surface area contributed by atoms with Crippen LogP contribution in [0, 0.1) is 5.92 Å². The van der Waals surface area contributed by atoms with Crippen molar-refractivity contribution in [2.24, 2.45) is 10.9 Å². The predicted octanol–water partition coefficient (Wildman–Crippen LogP) is 5.18. The van der Waals surface area contributed by atoms with Crippen molar-refractivity contribution in [1.29, 1.82) is 0 Å². The second-order valence-corrected chi connectivity index (χ2v) is 6.80. The van der Waals surface area contributed by atoms with E-state index < -0.39 is 0 Å². The second-order valence-electron chi connectivity index (χ2n) is 6.80. The molecule has 4 nitrogen and oxygen atoms in total. The van der Waals surface area contributed by atoms with Crippen molar-refractivity contribution in [1.82, 2.24) is 0 Å². The van der Waals surface area contributed by atoms with E-state index in [4.69, 9.17) is 9.73 Å². The Kier molecular flexibility index (Phi) is 8.04. The molecule has 1 heterocycles. The number of hydrogen-bond acceptors (Lipinski definition) is 4. The van der Waals surface area contributed by atoms with Crippen molar-refractivity contribution in [3.8, 4) is 5.75 Å². The Hall–Kier alpha value is -2.14. The molecule has 0 aliphatic carbocycles. The number of carbonyl (C=O) groups is 1. The molecular formula is C22H27BrN2O2. The molecule has 5 heteroatoms. The topological polar surface area (TPSA) is 41.9 Å². The molecule has 27 heavy (non-hydrogen) atoms. The number of ketones is 1. The van der Waals surface area contributed by atoms with Crippen molar-refractivity contribution in [3.63, 3.8) is 0 Å². The highest BCUT2D eigenvalue weighted by atomic mass is 79.9. The van der Waals surface area contributed by atoms with Crippen LogP contribution in [0.2, 0.25) is 0 Å². The van der Waals surface area contributed by atoms with Crippen LogP contribution >= 0.6 is 17.0 Å². The van der Waals surface area contributed by atoms with Crippen LogP contribution in [0.3, 0.4) is 0 Å². The number of carbonyl (C=O) groups excluding carboxylic acids is 1. The largest absolute Gasteiger partial charge is 0.497 e. The van der Waals surface area contributed by atoms with Gasteiger partial charge in [-0.3, -0.25) is 9.79 Å². The van der Waals surface area contributed by atoms with E-state index in [0.29, 0.717) is 18.0 Å². The third-order valence-electron chi connectivity index (χ3n) is 4.87. The molecule has 0 amide bonds. The minimum Gasteiger partial charge on any atom is -0.497 e. The fraction of sp³-hybridized carbons (Fsp3) is 0.364. The normalized spacial score (nSPS) is 16.5. The fourth-order valence-corrected chi connectivity index (χ4v) is 3.18. The van der Waals surface area contributed by atoms with E-state index in [0.717, 1.165) is 43.1 Å². The molecule has 0 spiro atoms. The highest BCUT2D eigenvalue weighted by molar-refractivity contribution is 8.93. The lowest BCUT2D eigenvalue weighted by Gasteiger charge is -2.25.